The Kier molecular flexibility index (Phi) is 6.52. The lowest BCUT2D eigenvalue weighted by Gasteiger charge is -2.18. The second-order valence-corrected chi connectivity index (χ2v) is 6.10. The first-order chi connectivity index (χ1) is 8.98. The van der Waals surface area contributed by atoms with Gasteiger partial charge in [0.05, 0.1) is 18.9 Å². The van der Waals surface area contributed by atoms with Gasteiger partial charge in [0.2, 0.25) is 0 Å². The number of ether oxygens (including phenoxy) is 1. The molecule has 0 aliphatic rings. The van der Waals surface area contributed by atoms with Crippen molar-refractivity contribution < 1.29 is 23.8 Å². The first-order valence-corrected chi connectivity index (χ1v) is 8.06. The molecule has 108 valence electrons. The van der Waals surface area contributed by atoms with Crippen LogP contribution < -0.4 is 4.74 Å². The van der Waals surface area contributed by atoms with Crippen LogP contribution >= 0.6 is 7.60 Å². The van der Waals surface area contributed by atoms with Gasteiger partial charge in [-0.25, -0.2) is 0 Å². The molecule has 0 amide bonds. The van der Waals surface area contributed by atoms with Gasteiger partial charge in [-0.3, -0.25) is 4.57 Å². The molecule has 0 heterocycles. The van der Waals surface area contributed by atoms with E-state index in [1.165, 1.54) is 0 Å². The van der Waals surface area contributed by atoms with Gasteiger partial charge in [-0.15, -0.1) is 0 Å². The van der Waals surface area contributed by atoms with Gasteiger partial charge in [0.25, 0.3) is 0 Å². The van der Waals surface area contributed by atoms with Crippen LogP contribution in [0.3, 0.4) is 0 Å². The molecule has 0 aliphatic heterocycles. The second kappa shape index (κ2) is 7.65. The minimum Gasteiger partial charge on any atom is -0.491 e. The molecule has 2 N–H and O–H groups in total. The lowest BCUT2D eigenvalue weighted by atomic mass is 10.2. The highest BCUT2D eigenvalue weighted by Crippen LogP contribution is 2.48. The van der Waals surface area contributed by atoms with E-state index >= 15 is 0 Å². The maximum atomic E-state index is 12.0. The van der Waals surface area contributed by atoms with E-state index < -0.39 is 7.60 Å². The largest absolute Gasteiger partial charge is 0.491 e. The predicted octanol–water partition coefficient (Wildman–Crippen LogP) is 2.56. The summed E-state index contributed by atoms with van der Waals surface area (Å²) in [4.78, 5) is 9.85. The highest BCUT2D eigenvalue weighted by molar-refractivity contribution is 7.52. The first kappa shape index (κ1) is 16.2. The van der Waals surface area contributed by atoms with Crippen molar-refractivity contribution in [2.45, 2.75) is 32.5 Å². The summed E-state index contributed by atoms with van der Waals surface area (Å²) in [5.74, 6) is 0.499. The first-order valence-electron chi connectivity index (χ1n) is 6.30. The van der Waals surface area contributed by atoms with Crippen molar-refractivity contribution >= 4 is 7.60 Å². The van der Waals surface area contributed by atoms with E-state index in [1.54, 1.807) is 31.2 Å². The normalized spacial score (nSPS) is 15.8. The fourth-order valence-electron chi connectivity index (χ4n) is 1.54. The smallest absolute Gasteiger partial charge is 0.332 e. The Hall–Kier alpha value is -0.870. The fourth-order valence-corrected chi connectivity index (χ4v) is 3.02. The Morgan fingerprint density at radius 2 is 2.05 bits per heavy atom. The van der Waals surface area contributed by atoms with Gasteiger partial charge in [0, 0.05) is 5.56 Å². The summed E-state index contributed by atoms with van der Waals surface area (Å²) in [6.07, 6.45) is 0.313. The predicted molar refractivity (Wildman–Crippen MR) is 73.4 cm³/mol. The van der Waals surface area contributed by atoms with Gasteiger partial charge in [0.15, 0.2) is 0 Å². The number of aliphatic hydroxyl groups excluding tert-OH is 1. The van der Waals surface area contributed by atoms with Gasteiger partial charge >= 0.3 is 7.60 Å². The average molecular weight is 288 g/mol. The molecule has 0 spiro atoms. The topological polar surface area (TPSA) is 76.0 Å². The number of benzene rings is 1. The molecule has 1 rings (SSSR count). The summed E-state index contributed by atoms with van der Waals surface area (Å²) < 4.78 is 22.5. The molecule has 0 saturated carbocycles. The quantitative estimate of drug-likeness (QED) is 0.719. The van der Waals surface area contributed by atoms with Crippen molar-refractivity contribution in [3.05, 3.63) is 29.8 Å². The molecule has 0 bridgehead atoms. The number of para-hydroxylation sites is 1. The molecule has 2 atom stereocenters. The third-order valence-corrected chi connectivity index (χ3v) is 4.04. The van der Waals surface area contributed by atoms with Crippen LogP contribution in [0.1, 0.15) is 25.8 Å². The van der Waals surface area contributed by atoms with Crippen LogP contribution in [-0.4, -0.2) is 29.3 Å². The van der Waals surface area contributed by atoms with Gasteiger partial charge < -0.3 is 19.3 Å². The molecular weight excluding hydrogens is 267 g/mol. The molecule has 0 saturated heterocycles. The van der Waals surface area contributed by atoms with Crippen molar-refractivity contribution in [3.63, 3.8) is 0 Å². The molecule has 5 nitrogen and oxygen atoms in total. The van der Waals surface area contributed by atoms with Crippen LogP contribution in [-0.2, 0) is 15.3 Å². The lowest BCUT2D eigenvalue weighted by molar-refractivity contribution is 0.183. The number of hydrogen-bond donors (Lipinski definition) is 2. The van der Waals surface area contributed by atoms with E-state index in [1.807, 2.05) is 6.92 Å². The highest BCUT2D eigenvalue weighted by atomic mass is 31.2. The Labute approximate surface area is 113 Å². The fraction of sp³-hybridized carbons (Fsp3) is 0.538. The Morgan fingerprint density at radius 1 is 1.37 bits per heavy atom. The SMILES string of the molecule is CCC(C)OP(=O)(O)Cc1ccccc1OCCO. The van der Waals surface area contributed by atoms with Crippen molar-refractivity contribution in [2.75, 3.05) is 13.2 Å². The maximum absolute atomic E-state index is 12.0. The molecule has 6 heteroatoms. The lowest BCUT2D eigenvalue weighted by Crippen LogP contribution is -2.07. The molecule has 19 heavy (non-hydrogen) atoms. The van der Waals surface area contributed by atoms with Gasteiger partial charge in [-0.05, 0) is 19.4 Å². The van der Waals surface area contributed by atoms with E-state index in [2.05, 4.69) is 0 Å². The van der Waals surface area contributed by atoms with E-state index in [4.69, 9.17) is 14.4 Å². The minimum atomic E-state index is -3.69. The summed E-state index contributed by atoms with van der Waals surface area (Å²) in [6, 6.07) is 6.96. The van der Waals surface area contributed by atoms with Crippen molar-refractivity contribution in [1.82, 2.24) is 0 Å². The van der Waals surface area contributed by atoms with Crippen molar-refractivity contribution in [1.29, 1.82) is 0 Å². The van der Waals surface area contributed by atoms with Gasteiger partial charge in [-0.2, -0.15) is 0 Å². The zero-order valence-corrected chi connectivity index (χ0v) is 12.2. The summed E-state index contributed by atoms with van der Waals surface area (Å²) in [5, 5.41) is 8.75. The molecule has 0 aliphatic carbocycles. The summed E-state index contributed by atoms with van der Waals surface area (Å²) in [7, 11) is -3.69. The van der Waals surface area contributed by atoms with Crippen LogP contribution in [0.4, 0.5) is 0 Å². The number of aliphatic hydroxyl groups is 1. The van der Waals surface area contributed by atoms with E-state index in [9.17, 15) is 9.46 Å². The van der Waals surface area contributed by atoms with Crippen LogP contribution in [0, 0.1) is 0 Å². The van der Waals surface area contributed by atoms with Crippen LogP contribution in [0.25, 0.3) is 0 Å². The zero-order chi connectivity index (χ0) is 14.3. The van der Waals surface area contributed by atoms with E-state index in [0.29, 0.717) is 17.7 Å². The standard InChI is InChI=1S/C13H21O5P/c1-3-11(2)18-19(15,16)10-12-6-4-5-7-13(12)17-9-8-14/h4-7,11,14H,3,8-10H2,1-2H3,(H,15,16). The number of hydrogen-bond acceptors (Lipinski definition) is 4. The molecular formula is C13H21O5P. The second-order valence-electron chi connectivity index (χ2n) is 4.30. The molecule has 0 aromatic heterocycles. The molecule has 0 fully saturated rings. The average Bonchev–Trinajstić information content (AvgIpc) is 2.36. The van der Waals surface area contributed by atoms with Gasteiger partial charge in [0.1, 0.15) is 12.4 Å². The molecule has 0 radical (unpaired) electrons. The molecule has 1 aromatic carbocycles. The third-order valence-electron chi connectivity index (χ3n) is 2.61. The summed E-state index contributed by atoms with van der Waals surface area (Å²) >= 11 is 0. The Bertz CT molecular complexity index is 435. The van der Waals surface area contributed by atoms with Crippen molar-refractivity contribution in [3.8, 4) is 5.75 Å². The van der Waals surface area contributed by atoms with Crippen molar-refractivity contribution in [2.24, 2.45) is 0 Å². The highest BCUT2D eigenvalue weighted by Gasteiger charge is 2.24. The third kappa shape index (κ3) is 5.74. The van der Waals surface area contributed by atoms with Crippen LogP contribution in [0.2, 0.25) is 0 Å². The molecule has 2 unspecified atom stereocenters. The van der Waals surface area contributed by atoms with Crippen LogP contribution in [0.5, 0.6) is 5.75 Å². The van der Waals surface area contributed by atoms with Crippen LogP contribution in [0.15, 0.2) is 24.3 Å². The molecule has 1 aromatic rings. The number of rotatable bonds is 8. The van der Waals surface area contributed by atoms with E-state index in [-0.39, 0.29) is 25.5 Å². The maximum Gasteiger partial charge on any atom is 0.332 e. The zero-order valence-electron chi connectivity index (χ0n) is 11.3. The van der Waals surface area contributed by atoms with E-state index in [0.717, 1.165) is 0 Å². The van der Waals surface area contributed by atoms with Gasteiger partial charge in [-0.1, -0.05) is 25.1 Å². The monoisotopic (exact) mass is 288 g/mol. The summed E-state index contributed by atoms with van der Waals surface area (Å²) in [6.45, 7) is 3.70. The summed E-state index contributed by atoms with van der Waals surface area (Å²) in [5.41, 5.74) is 0.602. The Morgan fingerprint density at radius 3 is 2.68 bits per heavy atom. The minimum absolute atomic E-state index is 0.0983. The Balaban J connectivity index is 2.77.